The summed E-state index contributed by atoms with van der Waals surface area (Å²) in [5.74, 6) is 2.96. The van der Waals surface area contributed by atoms with Crippen LogP contribution in [0.2, 0.25) is 0 Å². The minimum Gasteiger partial charge on any atom is -0.496 e. The smallest absolute Gasteiger partial charge is 0.231 e. The molecule has 0 radical (unpaired) electrons. The fourth-order valence-corrected chi connectivity index (χ4v) is 3.73. The number of aliphatic hydroxyl groups is 1. The Balaban J connectivity index is 1.65. The zero-order valence-corrected chi connectivity index (χ0v) is 17.3. The third kappa shape index (κ3) is 4.21. The van der Waals surface area contributed by atoms with Crippen LogP contribution in [0, 0.1) is 0 Å². The van der Waals surface area contributed by atoms with Gasteiger partial charge in [0.05, 0.1) is 13.7 Å². The van der Waals surface area contributed by atoms with Crippen LogP contribution in [0.5, 0.6) is 23.0 Å². The van der Waals surface area contributed by atoms with Gasteiger partial charge in [0, 0.05) is 24.0 Å². The van der Waals surface area contributed by atoms with Crippen molar-refractivity contribution in [1.82, 2.24) is 0 Å². The molecule has 0 aliphatic carbocycles. The molecule has 0 bridgehead atoms. The third-order valence-electron chi connectivity index (χ3n) is 5.37. The first-order valence-electron chi connectivity index (χ1n) is 10.1. The molecular weight excluding hydrogens is 380 g/mol. The molecule has 1 N–H and O–H groups in total. The van der Waals surface area contributed by atoms with Crippen LogP contribution in [-0.2, 0) is 6.42 Å². The van der Waals surface area contributed by atoms with E-state index in [1.54, 1.807) is 7.11 Å². The van der Waals surface area contributed by atoms with E-state index in [0.29, 0.717) is 17.2 Å². The second-order valence-electron chi connectivity index (χ2n) is 7.27. The molecule has 3 aromatic carbocycles. The lowest BCUT2D eigenvalue weighted by molar-refractivity contribution is 0.173. The van der Waals surface area contributed by atoms with Crippen LogP contribution in [0.4, 0.5) is 0 Å². The fraction of sp³-hybridized carbons (Fsp3) is 0.280. The normalized spacial score (nSPS) is 13.2. The Hall–Kier alpha value is -3.18. The van der Waals surface area contributed by atoms with E-state index >= 15 is 0 Å². The predicted octanol–water partition coefficient (Wildman–Crippen LogP) is 4.54. The van der Waals surface area contributed by atoms with E-state index in [9.17, 15) is 5.11 Å². The van der Waals surface area contributed by atoms with Crippen molar-refractivity contribution in [2.45, 2.75) is 19.3 Å². The van der Waals surface area contributed by atoms with Gasteiger partial charge in [0.2, 0.25) is 6.79 Å². The average molecular weight is 406 g/mol. The van der Waals surface area contributed by atoms with Gasteiger partial charge in [0.1, 0.15) is 18.1 Å². The van der Waals surface area contributed by atoms with E-state index in [2.05, 4.69) is 37.3 Å². The molecule has 5 nitrogen and oxygen atoms in total. The first-order chi connectivity index (χ1) is 14.7. The van der Waals surface area contributed by atoms with Crippen molar-refractivity contribution < 1.29 is 24.1 Å². The maximum Gasteiger partial charge on any atom is 0.231 e. The van der Waals surface area contributed by atoms with E-state index in [-0.39, 0.29) is 25.9 Å². The Labute approximate surface area is 176 Å². The fourth-order valence-electron chi connectivity index (χ4n) is 3.73. The molecule has 5 heteroatoms. The quantitative estimate of drug-likeness (QED) is 0.595. The molecule has 0 amide bonds. The average Bonchev–Trinajstić information content (AvgIpc) is 3.25. The zero-order valence-electron chi connectivity index (χ0n) is 17.3. The number of ether oxygens (including phenoxy) is 4. The predicted molar refractivity (Wildman–Crippen MR) is 115 cm³/mol. The second-order valence-corrected chi connectivity index (χ2v) is 7.27. The minimum absolute atomic E-state index is 0.0351. The molecule has 3 aromatic rings. The first kappa shape index (κ1) is 20.1. The van der Waals surface area contributed by atoms with Crippen molar-refractivity contribution in [3.05, 3.63) is 82.9 Å². The summed E-state index contributed by atoms with van der Waals surface area (Å²) in [5.41, 5.74) is 4.47. The molecule has 0 spiro atoms. The van der Waals surface area contributed by atoms with Crippen LogP contribution >= 0.6 is 0 Å². The Morgan fingerprint density at radius 2 is 1.73 bits per heavy atom. The van der Waals surface area contributed by atoms with Gasteiger partial charge in [0.15, 0.2) is 11.5 Å². The monoisotopic (exact) mass is 406 g/mol. The summed E-state index contributed by atoms with van der Waals surface area (Å²) >= 11 is 0. The van der Waals surface area contributed by atoms with Gasteiger partial charge < -0.3 is 24.1 Å². The SMILES string of the molecule is COc1cc(C(C)c2cc3c(cc2OCCO)OCO3)ccc1Cc1ccccc1. The van der Waals surface area contributed by atoms with E-state index in [1.807, 2.05) is 30.3 Å². The molecule has 1 atom stereocenters. The van der Waals surface area contributed by atoms with Crippen molar-refractivity contribution in [2.75, 3.05) is 27.1 Å². The summed E-state index contributed by atoms with van der Waals surface area (Å²) < 4.78 is 22.5. The molecule has 4 rings (SSSR count). The molecule has 30 heavy (non-hydrogen) atoms. The lowest BCUT2D eigenvalue weighted by atomic mass is 9.90. The lowest BCUT2D eigenvalue weighted by Crippen LogP contribution is -2.06. The molecular formula is C25H26O5. The van der Waals surface area contributed by atoms with E-state index in [0.717, 1.165) is 28.9 Å². The van der Waals surface area contributed by atoms with Crippen molar-refractivity contribution in [1.29, 1.82) is 0 Å². The van der Waals surface area contributed by atoms with Crippen LogP contribution in [0.15, 0.2) is 60.7 Å². The zero-order chi connectivity index (χ0) is 20.9. The van der Waals surface area contributed by atoms with Gasteiger partial charge in [-0.25, -0.2) is 0 Å². The molecule has 0 aromatic heterocycles. The number of methoxy groups -OCH3 is 1. The maximum absolute atomic E-state index is 9.19. The molecule has 0 saturated heterocycles. The van der Waals surface area contributed by atoms with Gasteiger partial charge in [-0.1, -0.05) is 49.4 Å². The van der Waals surface area contributed by atoms with Crippen molar-refractivity contribution >= 4 is 0 Å². The van der Waals surface area contributed by atoms with E-state index < -0.39 is 0 Å². The van der Waals surface area contributed by atoms with E-state index in [4.69, 9.17) is 18.9 Å². The molecule has 0 saturated carbocycles. The van der Waals surface area contributed by atoms with Gasteiger partial charge in [0.25, 0.3) is 0 Å². The Kier molecular flexibility index (Phi) is 6.10. The Bertz CT molecular complexity index is 1000. The number of hydrogen-bond acceptors (Lipinski definition) is 5. The first-order valence-corrected chi connectivity index (χ1v) is 10.1. The number of hydrogen-bond donors (Lipinski definition) is 1. The molecule has 1 aliphatic rings. The van der Waals surface area contributed by atoms with Crippen LogP contribution in [0.3, 0.4) is 0 Å². The van der Waals surface area contributed by atoms with Crippen molar-refractivity contribution in [3.8, 4) is 23.0 Å². The number of aliphatic hydroxyl groups excluding tert-OH is 1. The molecule has 1 heterocycles. The minimum atomic E-state index is -0.0513. The highest BCUT2D eigenvalue weighted by Crippen LogP contribution is 2.43. The molecule has 1 aliphatic heterocycles. The number of rotatable bonds is 8. The summed E-state index contributed by atoms with van der Waals surface area (Å²) in [5, 5.41) is 9.19. The summed E-state index contributed by atoms with van der Waals surface area (Å²) in [6.45, 7) is 2.49. The summed E-state index contributed by atoms with van der Waals surface area (Å²) in [6, 6.07) is 20.5. The van der Waals surface area contributed by atoms with Crippen LogP contribution in [0.25, 0.3) is 0 Å². The highest BCUT2D eigenvalue weighted by Gasteiger charge is 2.23. The third-order valence-corrected chi connectivity index (χ3v) is 5.37. The van der Waals surface area contributed by atoms with Crippen molar-refractivity contribution in [2.24, 2.45) is 0 Å². The van der Waals surface area contributed by atoms with Crippen molar-refractivity contribution in [3.63, 3.8) is 0 Å². The highest BCUT2D eigenvalue weighted by atomic mass is 16.7. The van der Waals surface area contributed by atoms with Crippen LogP contribution in [0.1, 0.15) is 35.1 Å². The summed E-state index contributed by atoms with van der Waals surface area (Å²) in [6.07, 6.45) is 0.813. The lowest BCUT2D eigenvalue weighted by Gasteiger charge is -2.19. The molecule has 1 unspecified atom stereocenters. The van der Waals surface area contributed by atoms with Gasteiger partial charge in [-0.2, -0.15) is 0 Å². The topological polar surface area (TPSA) is 57.2 Å². The van der Waals surface area contributed by atoms with Crippen LogP contribution in [-0.4, -0.2) is 32.2 Å². The number of fused-ring (bicyclic) bond motifs is 1. The Morgan fingerprint density at radius 1 is 0.967 bits per heavy atom. The van der Waals surface area contributed by atoms with Gasteiger partial charge in [-0.05, 0) is 28.8 Å². The highest BCUT2D eigenvalue weighted by molar-refractivity contribution is 5.55. The maximum atomic E-state index is 9.19. The van der Waals surface area contributed by atoms with Gasteiger partial charge in [-0.15, -0.1) is 0 Å². The number of benzene rings is 3. The summed E-state index contributed by atoms with van der Waals surface area (Å²) in [4.78, 5) is 0. The van der Waals surface area contributed by atoms with Gasteiger partial charge in [-0.3, -0.25) is 0 Å². The second kappa shape index (κ2) is 9.09. The molecule has 0 fully saturated rings. The standard InChI is InChI=1S/C25H26O5/c1-17(21-14-24-25(30-16-29-24)15-23(21)28-11-10-26)19-8-9-20(22(13-19)27-2)12-18-6-4-3-5-7-18/h3-9,13-15,17,26H,10-12,16H2,1-2H3. The van der Waals surface area contributed by atoms with Crippen LogP contribution < -0.4 is 18.9 Å². The van der Waals surface area contributed by atoms with E-state index in [1.165, 1.54) is 5.56 Å². The Morgan fingerprint density at radius 3 is 2.47 bits per heavy atom. The van der Waals surface area contributed by atoms with Gasteiger partial charge >= 0.3 is 0 Å². The summed E-state index contributed by atoms with van der Waals surface area (Å²) in [7, 11) is 1.70. The molecule has 156 valence electrons. The largest absolute Gasteiger partial charge is 0.496 e.